The third-order valence-electron chi connectivity index (χ3n) is 0.743. The molecule has 1 rings (SSSR count). The SMILES string of the molecule is Cl.O=C1CC([O-])=NC([O-])=N1.[Na+].[Na+]. The maximum Gasteiger partial charge on any atom is 1.00 e. The van der Waals surface area contributed by atoms with Crippen molar-refractivity contribution in [2.45, 2.75) is 6.42 Å². The molecular formula is C4H3ClN2Na2O3. The molecule has 1 heterocycles. The summed E-state index contributed by atoms with van der Waals surface area (Å²) in [6.07, 6.45) is -0.369. The van der Waals surface area contributed by atoms with Crippen LogP contribution in [0.3, 0.4) is 0 Å². The van der Waals surface area contributed by atoms with Gasteiger partial charge in [0.25, 0.3) is 5.91 Å². The van der Waals surface area contributed by atoms with Crippen LogP contribution in [0.2, 0.25) is 0 Å². The van der Waals surface area contributed by atoms with Gasteiger partial charge in [0.1, 0.15) is 0 Å². The second-order valence-electron chi connectivity index (χ2n) is 1.47. The summed E-state index contributed by atoms with van der Waals surface area (Å²) in [6.45, 7) is 0. The molecule has 56 valence electrons. The van der Waals surface area contributed by atoms with E-state index in [9.17, 15) is 15.0 Å². The fraction of sp³-hybridized carbons (Fsp3) is 0.250. The molecule has 0 saturated heterocycles. The molecule has 0 aromatic carbocycles. The van der Waals surface area contributed by atoms with Crippen molar-refractivity contribution in [3.05, 3.63) is 0 Å². The fourth-order valence-corrected chi connectivity index (χ4v) is 0.447. The van der Waals surface area contributed by atoms with Crippen LogP contribution in [0.4, 0.5) is 0 Å². The Hall–Kier alpha value is 0.900. The van der Waals surface area contributed by atoms with Gasteiger partial charge in [-0.1, -0.05) is 0 Å². The Balaban J connectivity index is -0.000000270. The molecule has 1 aliphatic rings. The maximum atomic E-state index is 10.2. The van der Waals surface area contributed by atoms with E-state index in [-0.39, 0.29) is 77.9 Å². The summed E-state index contributed by atoms with van der Waals surface area (Å²) in [5.41, 5.74) is 0. The van der Waals surface area contributed by atoms with E-state index in [1.165, 1.54) is 0 Å². The molecule has 0 atom stereocenters. The molecule has 0 fully saturated rings. The Morgan fingerprint density at radius 1 is 1.17 bits per heavy atom. The summed E-state index contributed by atoms with van der Waals surface area (Å²) in [5, 5.41) is 20.3. The Bertz CT molecular complexity index is 218. The summed E-state index contributed by atoms with van der Waals surface area (Å²) in [6, 6.07) is -0.990. The fourth-order valence-electron chi connectivity index (χ4n) is 0.447. The van der Waals surface area contributed by atoms with Crippen LogP contribution >= 0.6 is 12.4 Å². The van der Waals surface area contributed by atoms with E-state index in [1.807, 2.05) is 0 Å². The molecule has 0 aromatic heterocycles. The van der Waals surface area contributed by atoms with Crippen LogP contribution in [0, 0.1) is 0 Å². The van der Waals surface area contributed by atoms with E-state index in [0.29, 0.717) is 0 Å². The molecule has 0 spiro atoms. The summed E-state index contributed by atoms with van der Waals surface area (Å²) in [5.74, 6) is -1.42. The first-order valence-corrected chi connectivity index (χ1v) is 2.21. The molecule has 1 aliphatic heterocycles. The largest absolute Gasteiger partial charge is 1.00 e. The molecule has 0 N–H and O–H groups in total. The summed E-state index contributed by atoms with van der Waals surface area (Å²) in [7, 11) is 0. The van der Waals surface area contributed by atoms with Crippen molar-refractivity contribution >= 4 is 30.2 Å². The number of hydrogen-bond acceptors (Lipinski definition) is 4. The first kappa shape index (κ1) is 18.6. The van der Waals surface area contributed by atoms with Gasteiger partial charge in [-0.05, 0) is 5.90 Å². The Morgan fingerprint density at radius 3 is 2.00 bits per heavy atom. The summed E-state index contributed by atoms with van der Waals surface area (Å²) >= 11 is 0. The summed E-state index contributed by atoms with van der Waals surface area (Å²) < 4.78 is 0. The van der Waals surface area contributed by atoms with Crippen LogP contribution in [0.1, 0.15) is 6.42 Å². The van der Waals surface area contributed by atoms with Crippen molar-refractivity contribution in [1.82, 2.24) is 0 Å². The number of nitrogens with zero attached hydrogens (tertiary/aromatic N) is 2. The molecule has 0 bridgehead atoms. The van der Waals surface area contributed by atoms with Crippen molar-refractivity contribution in [3.8, 4) is 0 Å². The molecule has 1 amide bonds. The quantitative estimate of drug-likeness (QED) is 0.371. The number of rotatable bonds is 0. The minimum absolute atomic E-state index is 0. The molecule has 8 heteroatoms. The van der Waals surface area contributed by atoms with Gasteiger partial charge in [-0.15, -0.1) is 12.4 Å². The van der Waals surface area contributed by atoms with Gasteiger partial charge in [-0.2, -0.15) is 0 Å². The van der Waals surface area contributed by atoms with Crippen molar-refractivity contribution in [1.29, 1.82) is 0 Å². The van der Waals surface area contributed by atoms with Gasteiger partial charge in [0.05, 0.1) is 12.4 Å². The third-order valence-corrected chi connectivity index (χ3v) is 0.743. The minimum Gasteiger partial charge on any atom is -0.861 e. The van der Waals surface area contributed by atoms with Crippen LogP contribution < -0.4 is 69.3 Å². The molecular weight excluding hydrogens is 205 g/mol. The first-order chi connectivity index (χ1) is 4.18. The zero-order chi connectivity index (χ0) is 6.85. The molecule has 0 aromatic rings. The first-order valence-electron chi connectivity index (χ1n) is 2.21. The predicted octanol–water partition coefficient (Wildman–Crippen LogP) is -8.18. The number of amidine groups is 1. The normalized spacial score (nSPS) is 14.2. The van der Waals surface area contributed by atoms with Crippen molar-refractivity contribution in [2.24, 2.45) is 9.98 Å². The van der Waals surface area contributed by atoms with E-state index in [0.717, 1.165) is 0 Å². The third kappa shape index (κ3) is 6.42. The number of amides is 1. The number of hydrogen-bond donors (Lipinski definition) is 0. The molecule has 0 radical (unpaired) electrons. The average Bonchev–Trinajstić information content (AvgIpc) is 1.59. The van der Waals surface area contributed by atoms with E-state index in [2.05, 4.69) is 9.98 Å². The zero-order valence-electron chi connectivity index (χ0n) is 6.73. The Kier molecular flexibility index (Phi) is 13.2. The number of aliphatic imine (C=N–C) groups is 2. The van der Waals surface area contributed by atoms with Gasteiger partial charge < -0.3 is 10.2 Å². The van der Waals surface area contributed by atoms with Crippen LogP contribution in [0.5, 0.6) is 0 Å². The van der Waals surface area contributed by atoms with E-state index >= 15 is 0 Å². The van der Waals surface area contributed by atoms with E-state index < -0.39 is 17.8 Å². The van der Waals surface area contributed by atoms with Gasteiger partial charge in [-0.3, -0.25) is 9.79 Å². The molecule has 5 nitrogen and oxygen atoms in total. The van der Waals surface area contributed by atoms with Crippen LogP contribution in [-0.2, 0) is 4.79 Å². The van der Waals surface area contributed by atoms with Gasteiger partial charge in [0, 0.05) is 0 Å². The maximum absolute atomic E-state index is 10.2. The van der Waals surface area contributed by atoms with Gasteiger partial charge in [-0.25, -0.2) is 4.99 Å². The van der Waals surface area contributed by atoms with Crippen molar-refractivity contribution in [2.75, 3.05) is 0 Å². The van der Waals surface area contributed by atoms with Crippen molar-refractivity contribution < 1.29 is 74.1 Å². The Labute approximate surface area is 119 Å². The predicted molar refractivity (Wildman–Crippen MR) is 31.7 cm³/mol. The second-order valence-corrected chi connectivity index (χ2v) is 1.47. The zero-order valence-corrected chi connectivity index (χ0v) is 11.6. The van der Waals surface area contributed by atoms with Crippen LogP contribution in [0.15, 0.2) is 9.98 Å². The van der Waals surface area contributed by atoms with Crippen LogP contribution in [-0.4, -0.2) is 17.8 Å². The molecule has 0 saturated carbocycles. The molecule has 12 heavy (non-hydrogen) atoms. The number of carbonyl (C=O) groups excluding carboxylic acids is 1. The van der Waals surface area contributed by atoms with Gasteiger partial charge >= 0.3 is 59.1 Å². The average molecular weight is 209 g/mol. The number of carbonyl (C=O) groups is 1. The smallest absolute Gasteiger partial charge is 0.861 e. The van der Waals surface area contributed by atoms with E-state index in [1.54, 1.807) is 0 Å². The standard InChI is InChI=1S/C4H4N2O3.ClH.2Na/c7-2-1-3(8)6-4(9)5-2;;;/h1H2,(H2,5,6,7,8,9);1H;;/q;;2*+1/p-2. The monoisotopic (exact) mass is 208 g/mol. The molecule has 0 unspecified atom stereocenters. The minimum atomic E-state index is -0.990. The molecule has 0 aliphatic carbocycles. The number of halogens is 1. The topological polar surface area (TPSA) is 87.9 Å². The van der Waals surface area contributed by atoms with Gasteiger partial charge in [0.15, 0.2) is 0 Å². The summed E-state index contributed by atoms with van der Waals surface area (Å²) in [4.78, 5) is 16.0. The van der Waals surface area contributed by atoms with E-state index in [4.69, 9.17) is 0 Å². The Morgan fingerprint density at radius 2 is 1.67 bits per heavy atom. The second kappa shape index (κ2) is 8.50. The van der Waals surface area contributed by atoms with Gasteiger partial charge in [0.2, 0.25) is 0 Å². The van der Waals surface area contributed by atoms with Crippen LogP contribution in [0.25, 0.3) is 0 Å². The van der Waals surface area contributed by atoms with Crippen molar-refractivity contribution in [3.63, 3.8) is 0 Å².